The maximum Gasteiger partial charge on any atom is 0.446 e. The lowest BCUT2D eigenvalue weighted by Gasteiger charge is -2.15. The quantitative estimate of drug-likeness (QED) is 0.183. The van der Waals surface area contributed by atoms with E-state index in [0.717, 1.165) is 32.9 Å². The molecule has 0 radical (unpaired) electrons. The molecule has 3 aromatic carbocycles. The van der Waals surface area contributed by atoms with Crippen molar-refractivity contribution in [2.45, 2.75) is 5.92 Å². The van der Waals surface area contributed by atoms with Gasteiger partial charge >= 0.3 is 22.1 Å². The van der Waals surface area contributed by atoms with Crippen LogP contribution in [0.15, 0.2) is 85.1 Å². The first-order valence-corrected chi connectivity index (χ1v) is 15.2. The van der Waals surface area contributed by atoms with Gasteiger partial charge in [-0.1, -0.05) is 53.7 Å². The third-order valence-electron chi connectivity index (χ3n) is 6.74. The number of carbonyl (C=O) groups excluding carboxylic acids is 1. The van der Waals surface area contributed by atoms with Gasteiger partial charge in [0, 0.05) is 19.0 Å². The number of ether oxygens (including phenoxy) is 1. The highest BCUT2D eigenvalue weighted by Crippen LogP contribution is 2.44. The number of aromatic nitrogens is 4. The lowest BCUT2D eigenvalue weighted by Crippen LogP contribution is -2.42. The van der Waals surface area contributed by atoms with Gasteiger partial charge in [0.25, 0.3) is 0 Å². The summed E-state index contributed by atoms with van der Waals surface area (Å²) < 4.78 is 58.6. The van der Waals surface area contributed by atoms with Gasteiger partial charge in [0.15, 0.2) is 5.69 Å². The molecule has 226 valence electrons. The van der Waals surface area contributed by atoms with Crippen LogP contribution in [0.5, 0.6) is 0 Å². The van der Waals surface area contributed by atoms with E-state index in [4.69, 9.17) is 13.9 Å². The van der Waals surface area contributed by atoms with Crippen LogP contribution in [-0.2, 0) is 14.9 Å². The molecular formula is C27H21BrFN7O7S. The summed E-state index contributed by atoms with van der Waals surface area (Å²) in [6.45, 7) is -0.299. The van der Waals surface area contributed by atoms with Crippen LogP contribution in [-0.4, -0.2) is 54.2 Å². The van der Waals surface area contributed by atoms with Crippen LogP contribution in [0.2, 0.25) is 0 Å². The van der Waals surface area contributed by atoms with Gasteiger partial charge in [-0.05, 0) is 66.7 Å². The van der Waals surface area contributed by atoms with Crippen LogP contribution in [0, 0.1) is 5.82 Å². The molecule has 0 aliphatic heterocycles. The van der Waals surface area contributed by atoms with E-state index in [-0.39, 0.29) is 53.1 Å². The fraction of sp³-hybridized carbons (Fsp3) is 0.148. The molecule has 0 bridgehead atoms. The maximum absolute atomic E-state index is 13.7. The number of hydrogen-bond donors (Lipinski definition) is 3. The van der Waals surface area contributed by atoms with Crippen molar-refractivity contribution >= 4 is 38.1 Å². The first-order chi connectivity index (χ1) is 21.2. The molecule has 44 heavy (non-hydrogen) atoms. The van der Waals surface area contributed by atoms with Gasteiger partial charge in [0.05, 0.1) is 10.2 Å². The third kappa shape index (κ3) is 5.84. The highest BCUT2D eigenvalue weighted by atomic mass is 79.9. The zero-order chi connectivity index (χ0) is 30.8. The molecule has 1 aliphatic rings. The molecule has 0 saturated carbocycles. The maximum atomic E-state index is 13.7. The number of carbonyl (C=O) groups is 1. The van der Waals surface area contributed by atoms with E-state index in [9.17, 15) is 22.4 Å². The highest BCUT2D eigenvalue weighted by molar-refractivity contribution is 9.10. The van der Waals surface area contributed by atoms with E-state index in [1.165, 1.54) is 12.1 Å². The molecule has 1 amide bonds. The summed E-state index contributed by atoms with van der Waals surface area (Å²) >= 11 is 3.06. The van der Waals surface area contributed by atoms with E-state index < -0.39 is 27.9 Å². The Hall–Kier alpha value is -4.87. The Morgan fingerprint density at radius 2 is 1.70 bits per heavy atom. The van der Waals surface area contributed by atoms with Gasteiger partial charge in [-0.25, -0.2) is 27.9 Å². The lowest BCUT2D eigenvalue weighted by molar-refractivity contribution is 0.149. The predicted octanol–water partition coefficient (Wildman–Crippen LogP) is 3.56. The molecule has 3 N–H and O–H groups in total. The first-order valence-electron chi connectivity index (χ1n) is 12.9. The SMILES string of the molecule is O=C(NS(=O)(=O)NCCNc1nonc1-c1noc(=O)n1-c1ccc(F)c(Br)c1)OCC1c2ccccc2-c2ccccc21. The van der Waals surface area contributed by atoms with Crippen molar-refractivity contribution in [1.82, 2.24) is 29.5 Å². The zero-order valence-electron chi connectivity index (χ0n) is 22.4. The second-order valence-corrected chi connectivity index (χ2v) is 11.8. The highest BCUT2D eigenvalue weighted by Gasteiger charge is 2.29. The zero-order valence-corrected chi connectivity index (χ0v) is 24.8. The summed E-state index contributed by atoms with van der Waals surface area (Å²) in [4.78, 5) is 24.7. The van der Waals surface area contributed by atoms with Crippen molar-refractivity contribution in [3.63, 3.8) is 0 Å². The second kappa shape index (κ2) is 12.0. The molecule has 5 aromatic rings. The van der Waals surface area contributed by atoms with E-state index >= 15 is 0 Å². The average Bonchev–Trinajstić information content (AvgIpc) is 3.71. The Balaban J connectivity index is 1.04. The van der Waals surface area contributed by atoms with Crippen LogP contribution in [0.1, 0.15) is 17.0 Å². The van der Waals surface area contributed by atoms with Gasteiger partial charge in [-0.2, -0.15) is 13.1 Å². The van der Waals surface area contributed by atoms with Crippen LogP contribution < -0.4 is 20.5 Å². The Kier molecular flexibility index (Phi) is 7.98. The minimum Gasteiger partial charge on any atom is -0.448 e. The number of nitrogens with zero attached hydrogens (tertiary/aromatic N) is 4. The molecule has 14 nitrogen and oxygen atoms in total. The molecule has 0 saturated heterocycles. The summed E-state index contributed by atoms with van der Waals surface area (Å²) in [6, 6.07) is 19.4. The van der Waals surface area contributed by atoms with E-state index in [0.29, 0.717) is 0 Å². The van der Waals surface area contributed by atoms with Gasteiger partial charge in [-0.3, -0.25) is 4.52 Å². The van der Waals surface area contributed by atoms with Gasteiger partial charge < -0.3 is 10.1 Å². The van der Waals surface area contributed by atoms with E-state index in [1.807, 2.05) is 53.3 Å². The molecule has 0 unspecified atom stereocenters. The Bertz CT molecular complexity index is 1980. The average molecular weight is 686 g/mol. The summed E-state index contributed by atoms with van der Waals surface area (Å²) in [5.74, 6) is -1.74. The largest absolute Gasteiger partial charge is 0.448 e. The van der Waals surface area contributed by atoms with Gasteiger partial charge in [0.2, 0.25) is 11.6 Å². The molecule has 6 rings (SSSR count). The molecule has 2 aromatic heterocycles. The molecule has 2 heterocycles. The molecule has 0 fully saturated rings. The number of hydrogen-bond acceptors (Lipinski definition) is 11. The fourth-order valence-electron chi connectivity index (χ4n) is 4.84. The van der Waals surface area contributed by atoms with Gasteiger partial charge in [0.1, 0.15) is 12.4 Å². The first kappa shape index (κ1) is 29.2. The van der Waals surface area contributed by atoms with E-state index in [1.54, 1.807) is 0 Å². The predicted molar refractivity (Wildman–Crippen MR) is 157 cm³/mol. The minimum absolute atomic E-state index is 0.0110. The van der Waals surface area contributed by atoms with Crippen molar-refractivity contribution in [2.75, 3.05) is 25.0 Å². The standard InChI is InChI=1S/C27H21BrFN7O7S/c28-21-13-15(9-10-22(21)29)36-25(34-42-27(36)38)23-24(33-43-32-23)30-11-12-31-44(39,40)35-26(37)41-14-20-18-7-3-1-5-16(18)17-6-2-4-8-19(17)20/h1-10,13,20,31H,11-12,14H2,(H,30,33)(H,35,37). The van der Waals surface area contributed by atoms with Crippen molar-refractivity contribution in [3.05, 3.63) is 98.7 Å². The second-order valence-electron chi connectivity index (χ2n) is 9.42. The Morgan fingerprint density at radius 3 is 2.41 bits per heavy atom. The van der Waals surface area contributed by atoms with Crippen molar-refractivity contribution < 1.29 is 31.5 Å². The Labute approximate surface area is 256 Å². The number of halogens is 2. The lowest BCUT2D eigenvalue weighted by atomic mass is 9.98. The van der Waals surface area contributed by atoms with Crippen molar-refractivity contribution in [1.29, 1.82) is 0 Å². The van der Waals surface area contributed by atoms with Crippen LogP contribution in [0.4, 0.5) is 15.0 Å². The fourth-order valence-corrected chi connectivity index (χ4v) is 5.93. The summed E-state index contributed by atoms with van der Waals surface area (Å²) in [5.41, 5.74) is 4.25. The van der Waals surface area contributed by atoms with Crippen LogP contribution in [0.25, 0.3) is 28.3 Å². The van der Waals surface area contributed by atoms with Crippen molar-refractivity contribution in [2.24, 2.45) is 0 Å². The molecule has 17 heteroatoms. The van der Waals surface area contributed by atoms with Crippen LogP contribution in [0.3, 0.4) is 0 Å². The third-order valence-corrected chi connectivity index (χ3v) is 8.36. The number of nitrogens with one attached hydrogen (secondary N) is 3. The monoisotopic (exact) mass is 685 g/mol. The van der Waals surface area contributed by atoms with E-state index in [2.05, 4.69) is 41.4 Å². The number of anilines is 1. The smallest absolute Gasteiger partial charge is 0.446 e. The molecular weight excluding hydrogens is 665 g/mol. The summed E-state index contributed by atoms with van der Waals surface area (Å²) in [5, 5.41) is 14.0. The minimum atomic E-state index is -4.28. The van der Waals surface area contributed by atoms with Crippen LogP contribution >= 0.6 is 15.9 Å². The number of fused-ring (bicyclic) bond motifs is 3. The summed E-state index contributed by atoms with van der Waals surface area (Å²) in [7, 11) is -4.28. The number of rotatable bonds is 10. The van der Waals surface area contributed by atoms with Crippen molar-refractivity contribution in [3.8, 4) is 28.3 Å². The summed E-state index contributed by atoms with van der Waals surface area (Å²) in [6.07, 6.45) is -1.13. The van der Waals surface area contributed by atoms with Gasteiger partial charge in [-0.15, -0.1) is 0 Å². The normalized spacial score (nSPS) is 12.5. The topological polar surface area (TPSA) is 183 Å². The Morgan fingerprint density at radius 1 is 1.00 bits per heavy atom. The number of benzene rings is 3. The number of amides is 1. The molecule has 0 spiro atoms. The molecule has 0 atom stereocenters. The molecule has 1 aliphatic carbocycles.